The molecule has 2 heterocycles. The van der Waals surface area contributed by atoms with Gasteiger partial charge in [0.25, 0.3) is 5.91 Å². The Kier molecular flexibility index (Phi) is 5.85. The number of hydrogen-bond acceptors (Lipinski definition) is 4. The third-order valence-electron chi connectivity index (χ3n) is 6.05. The van der Waals surface area contributed by atoms with E-state index in [9.17, 15) is 14.9 Å². The second-order valence-corrected chi connectivity index (χ2v) is 8.44. The van der Waals surface area contributed by atoms with Gasteiger partial charge < -0.3 is 4.90 Å². The molecule has 6 nitrogen and oxygen atoms in total. The van der Waals surface area contributed by atoms with Crippen LogP contribution in [0.2, 0.25) is 0 Å². The summed E-state index contributed by atoms with van der Waals surface area (Å²) in [4.78, 5) is 27.5. The lowest BCUT2D eigenvalue weighted by atomic mass is 9.89. The number of piperidine rings is 1. The van der Waals surface area contributed by atoms with E-state index in [1.54, 1.807) is 29.2 Å². The van der Waals surface area contributed by atoms with E-state index in [-0.39, 0.29) is 23.7 Å². The Bertz CT molecular complexity index is 1160. The van der Waals surface area contributed by atoms with Crippen molar-refractivity contribution in [1.29, 1.82) is 5.26 Å². The van der Waals surface area contributed by atoms with E-state index in [4.69, 9.17) is 0 Å². The Morgan fingerprint density at radius 3 is 2.61 bits per heavy atom. The molecule has 158 valence electrons. The molecule has 1 aliphatic heterocycles. The number of fused-ring (bicyclic) bond motifs is 1. The maximum absolute atomic E-state index is 12.9. The lowest BCUT2D eigenvalue weighted by molar-refractivity contribution is -0.123. The van der Waals surface area contributed by atoms with Crippen molar-refractivity contribution < 1.29 is 9.59 Å². The molecular formula is C25H26N4O2. The van der Waals surface area contributed by atoms with Gasteiger partial charge in [-0.3, -0.25) is 14.3 Å². The molecule has 0 radical (unpaired) electrons. The van der Waals surface area contributed by atoms with E-state index >= 15 is 0 Å². The largest absolute Gasteiger partial charge is 0.339 e. The van der Waals surface area contributed by atoms with Crippen LogP contribution >= 0.6 is 0 Å². The van der Waals surface area contributed by atoms with Gasteiger partial charge in [0.2, 0.25) is 0 Å². The molecule has 1 saturated heterocycles. The van der Waals surface area contributed by atoms with Crippen LogP contribution in [-0.2, 0) is 11.2 Å². The molecule has 1 aliphatic rings. The van der Waals surface area contributed by atoms with Gasteiger partial charge in [-0.15, -0.1) is 0 Å². The molecule has 4 rings (SSSR count). The van der Waals surface area contributed by atoms with Gasteiger partial charge in [-0.05, 0) is 50.5 Å². The minimum absolute atomic E-state index is 0.0408. The number of hydrogen-bond donors (Lipinski definition) is 0. The first-order valence-electron chi connectivity index (χ1n) is 10.7. The maximum atomic E-state index is 12.9. The summed E-state index contributed by atoms with van der Waals surface area (Å²) in [5.41, 5.74) is 2.88. The van der Waals surface area contributed by atoms with E-state index in [1.807, 2.05) is 23.0 Å². The molecule has 0 unspecified atom stereocenters. The molecule has 6 heteroatoms. The first-order valence-corrected chi connectivity index (χ1v) is 10.7. The molecule has 0 aliphatic carbocycles. The summed E-state index contributed by atoms with van der Waals surface area (Å²) >= 11 is 0. The zero-order chi connectivity index (χ0) is 22.0. The summed E-state index contributed by atoms with van der Waals surface area (Å²) in [6.45, 7) is 5.25. The average Bonchev–Trinajstić information content (AvgIpc) is 3.22. The SMILES string of the molecule is CC(C)n1ncc2ccc(CC(=O)C3CCN(C(=O)c4ccccc4C#N)CC3)cc21. The van der Waals surface area contributed by atoms with Crippen molar-refractivity contribution in [3.8, 4) is 6.07 Å². The Hall–Kier alpha value is -3.46. The van der Waals surface area contributed by atoms with Crippen LogP contribution in [0.1, 0.15) is 54.2 Å². The van der Waals surface area contributed by atoms with Crippen molar-refractivity contribution in [3.63, 3.8) is 0 Å². The number of nitrogens with zero attached hydrogens (tertiary/aromatic N) is 4. The normalized spacial score (nSPS) is 14.7. The molecule has 1 fully saturated rings. The number of nitriles is 1. The smallest absolute Gasteiger partial charge is 0.255 e. The van der Waals surface area contributed by atoms with Crippen LogP contribution in [0.5, 0.6) is 0 Å². The molecule has 0 saturated carbocycles. The van der Waals surface area contributed by atoms with E-state index in [2.05, 4.69) is 31.1 Å². The highest BCUT2D eigenvalue weighted by molar-refractivity contribution is 5.97. The highest BCUT2D eigenvalue weighted by Gasteiger charge is 2.28. The van der Waals surface area contributed by atoms with Crippen LogP contribution in [0, 0.1) is 17.2 Å². The van der Waals surface area contributed by atoms with Crippen molar-refractivity contribution in [2.75, 3.05) is 13.1 Å². The summed E-state index contributed by atoms with van der Waals surface area (Å²) < 4.78 is 1.98. The van der Waals surface area contributed by atoms with Crippen LogP contribution in [0.3, 0.4) is 0 Å². The van der Waals surface area contributed by atoms with Crippen LogP contribution in [0.15, 0.2) is 48.7 Å². The van der Waals surface area contributed by atoms with Gasteiger partial charge in [-0.25, -0.2) is 0 Å². The number of aromatic nitrogens is 2. The molecule has 0 spiro atoms. The Morgan fingerprint density at radius 2 is 1.90 bits per heavy atom. The van der Waals surface area contributed by atoms with Gasteiger partial charge in [0, 0.05) is 36.9 Å². The highest BCUT2D eigenvalue weighted by atomic mass is 16.2. The van der Waals surface area contributed by atoms with Gasteiger partial charge >= 0.3 is 0 Å². The Labute approximate surface area is 182 Å². The van der Waals surface area contributed by atoms with Crippen molar-refractivity contribution in [1.82, 2.24) is 14.7 Å². The molecule has 1 amide bonds. The van der Waals surface area contributed by atoms with Crippen LogP contribution in [0.4, 0.5) is 0 Å². The molecule has 3 aromatic rings. The molecule has 0 N–H and O–H groups in total. The number of Topliss-reactive ketones (excluding diaryl/α,β-unsaturated/α-hetero) is 1. The predicted octanol–water partition coefficient (Wildman–Crippen LogP) is 4.15. The predicted molar refractivity (Wildman–Crippen MR) is 119 cm³/mol. The zero-order valence-corrected chi connectivity index (χ0v) is 17.9. The maximum Gasteiger partial charge on any atom is 0.255 e. The minimum Gasteiger partial charge on any atom is -0.339 e. The molecule has 2 aromatic carbocycles. The zero-order valence-electron chi connectivity index (χ0n) is 17.9. The summed E-state index contributed by atoms with van der Waals surface area (Å²) in [5, 5.41) is 14.8. The molecule has 0 atom stereocenters. The number of amides is 1. The highest BCUT2D eigenvalue weighted by Crippen LogP contribution is 2.24. The van der Waals surface area contributed by atoms with E-state index in [0.717, 1.165) is 16.5 Å². The van der Waals surface area contributed by atoms with Gasteiger partial charge in [0.1, 0.15) is 5.78 Å². The van der Waals surface area contributed by atoms with Crippen molar-refractivity contribution in [2.24, 2.45) is 5.92 Å². The van der Waals surface area contributed by atoms with E-state index in [0.29, 0.717) is 43.5 Å². The number of rotatable bonds is 5. The van der Waals surface area contributed by atoms with E-state index < -0.39 is 0 Å². The van der Waals surface area contributed by atoms with Crippen LogP contribution in [-0.4, -0.2) is 39.5 Å². The van der Waals surface area contributed by atoms with Crippen molar-refractivity contribution in [3.05, 3.63) is 65.4 Å². The lowest BCUT2D eigenvalue weighted by Crippen LogP contribution is -2.40. The quantitative estimate of drug-likeness (QED) is 0.628. The minimum atomic E-state index is -0.129. The number of benzene rings is 2. The third-order valence-corrected chi connectivity index (χ3v) is 6.05. The Balaban J connectivity index is 1.39. The summed E-state index contributed by atoms with van der Waals surface area (Å²) in [6, 6.07) is 15.3. The number of carbonyl (C=O) groups excluding carboxylic acids is 2. The summed E-state index contributed by atoms with van der Waals surface area (Å²) in [7, 11) is 0. The fourth-order valence-electron chi connectivity index (χ4n) is 4.29. The number of ketones is 1. The first-order chi connectivity index (χ1) is 15.0. The van der Waals surface area contributed by atoms with Crippen molar-refractivity contribution in [2.45, 2.75) is 39.2 Å². The summed E-state index contributed by atoms with van der Waals surface area (Å²) in [5.74, 6) is 0.0518. The van der Waals surface area contributed by atoms with Crippen molar-refractivity contribution >= 4 is 22.6 Å². The fourth-order valence-corrected chi connectivity index (χ4v) is 4.29. The second-order valence-electron chi connectivity index (χ2n) is 8.44. The average molecular weight is 415 g/mol. The fraction of sp³-hybridized carbons (Fsp3) is 0.360. The topological polar surface area (TPSA) is 79.0 Å². The second kappa shape index (κ2) is 8.73. The lowest BCUT2D eigenvalue weighted by Gasteiger charge is -2.31. The standard InChI is InChI=1S/C25H26N4O2/c1-17(2)29-23-13-18(7-8-21(23)16-27-29)14-24(30)19-9-11-28(12-10-19)25(31)22-6-4-3-5-20(22)15-26/h3-8,13,16-17,19H,9-12,14H2,1-2H3. The Morgan fingerprint density at radius 1 is 1.16 bits per heavy atom. The number of carbonyl (C=O) groups is 2. The van der Waals surface area contributed by atoms with Gasteiger partial charge in [0.15, 0.2) is 0 Å². The third kappa shape index (κ3) is 4.22. The molecular weight excluding hydrogens is 388 g/mol. The monoisotopic (exact) mass is 414 g/mol. The molecule has 31 heavy (non-hydrogen) atoms. The molecule has 1 aromatic heterocycles. The van der Waals surface area contributed by atoms with Gasteiger partial charge in [-0.1, -0.05) is 24.3 Å². The first kappa shape index (κ1) is 20.8. The van der Waals surface area contributed by atoms with Gasteiger partial charge in [0.05, 0.1) is 28.9 Å². The van der Waals surface area contributed by atoms with Crippen LogP contribution < -0.4 is 0 Å². The molecule has 0 bridgehead atoms. The van der Waals surface area contributed by atoms with Gasteiger partial charge in [-0.2, -0.15) is 10.4 Å². The van der Waals surface area contributed by atoms with Crippen LogP contribution in [0.25, 0.3) is 10.9 Å². The van der Waals surface area contributed by atoms with E-state index in [1.165, 1.54) is 0 Å². The number of likely N-dealkylation sites (tertiary alicyclic amines) is 1. The summed E-state index contributed by atoms with van der Waals surface area (Å²) in [6.07, 6.45) is 3.57.